The second kappa shape index (κ2) is 6.55. The number of halogens is 3. The molecule has 0 atom stereocenters. The molecule has 2 aromatic carbocycles. The van der Waals surface area contributed by atoms with Crippen molar-refractivity contribution in [1.82, 2.24) is 20.2 Å². The molecule has 0 saturated heterocycles. The quantitative estimate of drug-likeness (QED) is 0.542. The van der Waals surface area contributed by atoms with Crippen molar-refractivity contribution in [1.29, 1.82) is 0 Å². The number of ether oxygens (including phenoxy) is 2. The lowest BCUT2D eigenvalue weighted by Gasteiger charge is -2.15. The molecule has 2 N–H and O–H groups in total. The van der Waals surface area contributed by atoms with Crippen LogP contribution in [0.3, 0.4) is 0 Å². The number of H-pyrrole nitrogens is 1. The van der Waals surface area contributed by atoms with Gasteiger partial charge in [-0.3, -0.25) is 5.10 Å². The number of methoxy groups -OCH3 is 2. The minimum Gasteiger partial charge on any atom is -0.493 e. The fraction of sp³-hybridized carbons (Fsp3) is 0.167. The lowest BCUT2D eigenvalue weighted by atomic mass is 10.2. The number of hydrogen-bond acceptors (Lipinski definition) is 6. The number of nitrogens with one attached hydrogen (secondary N) is 2. The first-order valence-electron chi connectivity index (χ1n) is 8.10. The number of nitrogens with zero attached hydrogens (tertiary/aromatic N) is 3. The summed E-state index contributed by atoms with van der Waals surface area (Å²) in [5, 5.41) is 10.9. The zero-order valence-corrected chi connectivity index (χ0v) is 14.8. The minimum atomic E-state index is -4.70. The topological polar surface area (TPSA) is 85.0 Å². The van der Waals surface area contributed by atoms with Crippen LogP contribution in [0, 0.1) is 0 Å². The van der Waals surface area contributed by atoms with Crippen molar-refractivity contribution in [3.8, 4) is 11.5 Å². The molecule has 0 aliphatic heterocycles. The Hall–Kier alpha value is -3.56. The molecule has 0 aliphatic carbocycles. The summed E-state index contributed by atoms with van der Waals surface area (Å²) in [6, 6.07) is 8.16. The van der Waals surface area contributed by atoms with Gasteiger partial charge in [-0.2, -0.15) is 18.3 Å². The van der Waals surface area contributed by atoms with E-state index in [1.54, 1.807) is 24.4 Å². The number of rotatable bonds is 4. The Bertz CT molecular complexity index is 1170. The van der Waals surface area contributed by atoms with Crippen LogP contribution >= 0.6 is 0 Å². The summed E-state index contributed by atoms with van der Waals surface area (Å²) in [4.78, 5) is 7.34. The highest BCUT2D eigenvalue weighted by atomic mass is 19.4. The van der Waals surface area contributed by atoms with Gasteiger partial charge in [0.25, 0.3) is 0 Å². The molecule has 0 saturated carbocycles. The zero-order chi connectivity index (χ0) is 19.9. The molecule has 4 aromatic rings. The number of anilines is 2. The predicted octanol–water partition coefficient (Wildman–Crippen LogP) is 4.29. The molecule has 0 aliphatic rings. The fourth-order valence-electron chi connectivity index (χ4n) is 2.83. The highest BCUT2D eigenvalue weighted by molar-refractivity contribution is 5.94. The van der Waals surface area contributed by atoms with Crippen LogP contribution in [0.15, 0.2) is 36.5 Å². The van der Waals surface area contributed by atoms with Gasteiger partial charge in [-0.05, 0) is 24.3 Å². The maximum absolute atomic E-state index is 13.3. The van der Waals surface area contributed by atoms with Crippen LogP contribution in [-0.2, 0) is 6.18 Å². The van der Waals surface area contributed by atoms with Gasteiger partial charge in [0, 0.05) is 22.5 Å². The van der Waals surface area contributed by atoms with Gasteiger partial charge in [0.2, 0.25) is 5.82 Å². The molecular formula is C18H14F3N5O2. The van der Waals surface area contributed by atoms with Crippen molar-refractivity contribution in [2.24, 2.45) is 0 Å². The lowest BCUT2D eigenvalue weighted by Crippen LogP contribution is -2.13. The van der Waals surface area contributed by atoms with Crippen molar-refractivity contribution in [2.45, 2.75) is 6.18 Å². The monoisotopic (exact) mass is 389 g/mol. The average molecular weight is 389 g/mol. The molecular weight excluding hydrogens is 375 g/mol. The van der Waals surface area contributed by atoms with Crippen molar-refractivity contribution in [2.75, 3.05) is 19.5 Å². The Morgan fingerprint density at radius 1 is 1.00 bits per heavy atom. The summed E-state index contributed by atoms with van der Waals surface area (Å²) in [6.07, 6.45) is -3.05. The second-order valence-corrected chi connectivity index (χ2v) is 5.91. The Morgan fingerprint density at radius 3 is 2.46 bits per heavy atom. The van der Waals surface area contributed by atoms with E-state index >= 15 is 0 Å². The SMILES string of the molecule is COc1cc2nc(C(F)(F)F)nc(Nc3ccc4cn[nH]c4c3)c2cc1OC. The van der Waals surface area contributed by atoms with E-state index in [1.807, 2.05) is 0 Å². The molecule has 28 heavy (non-hydrogen) atoms. The highest BCUT2D eigenvalue weighted by Crippen LogP contribution is 2.37. The molecule has 0 fully saturated rings. The third-order valence-corrected chi connectivity index (χ3v) is 4.16. The van der Waals surface area contributed by atoms with Gasteiger partial charge in [0.05, 0.1) is 31.4 Å². The fourth-order valence-corrected chi connectivity index (χ4v) is 2.83. The van der Waals surface area contributed by atoms with Crippen LogP contribution in [0.5, 0.6) is 11.5 Å². The number of aromatic nitrogens is 4. The van der Waals surface area contributed by atoms with Gasteiger partial charge in [-0.25, -0.2) is 9.97 Å². The smallest absolute Gasteiger partial charge is 0.451 e. The van der Waals surface area contributed by atoms with Gasteiger partial charge < -0.3 is 14.8 Å². The van der Waals surface area contributed by atoms with Gasteiger partial charge in [0.1, 0.15) is 5.82 Å². The Morgan fingerprint density at radius 2 is 1.75 bits per heavy atom. The third kappa shape index (κ3) is 3.13. The summed E-state index contributed by atoms with van der Waals surface area (Å²) in [5.74, 6) is -0.633. The molecule has 0 spiro atoms. The largest absolute Gasteiger partial charge is 0.493 e. The average Bonchev–Trinajstić information content (AvgIpc) is 3.13. The second-order valence-electron chi connectivity index (χ2n) is 5.91. The standard InChI is InChI=1S/C18H14F3N5O2/c1-27-14-6-11-13(7-15(14)28-2)24-17(18(19,20)21)25-16(11)23-10-4-3-9-8-22-26-12(9)5-10/h3-8H,1-2H3,(H,22,26)(H,23,24,25). The molecule has 2 heterocycles. The Labute approximate surface area is 156 Å². The highest BCUT2D eigenvalue weighted by Gasteiger charge is 2.35. The molecule has 10 heteroatoms. The number of hydrogen-bond donors (Lipinski definition) is 2. The van der Waals surface area contributed by atoms with Gasteiger partial charge in [-0.15, -0.1) is 0 Å². The summed E-state index contributed by atoms with van der Waals surface area (Å²) >= 11 is 0. The normalized spacial score (nSPS) is 11.8. The first-order valence-corrected chi connectivity index (χ1v) is 8.10. The summed E-state index contributed by atoms with van der Waals surface area (Å²) in [6.45, 7) is 0. The lowest BCUT2D eigenvalue weighted by molar-refractivity contribution is -0.144. The van der Waals surface area contributed by atoms with Crippen molar-refractivity contribution < 1.29 is 22.6 Å². The molecule has 0 bridgehead atoms. The first kappa shape index (κ1) is 17.8. The molecule has 7 nitrogen and oxygen atoms in total. The van der Waals surface area contributed by atoms with Gasteiger partial charge >= 0.3 is 6.18 Å². The van der Waals surface area contributed by atoms with E-state index in [0.717, 1.165) is 10.9 Å². The summed E-state index contributed by atoms with van der Waals surface area (Å²) < 4.78 is 50.3. The Balaban J connectivity index is 1.90. The van der Waals surface area contributed by atoms with Crippen LogP contribution < -0.4 is 14.8 Å². The van der Waals surface area contributed by atoms with E-state index in [9.17, 15) is 13.2 Å². The number of fused-ring (bicyclic) bond motifs is 2. The summed E-state index contributed by atoms with van der Waals surface area (Å²) in [7, 11) is 2.84. The van der Waals surface area contributed by atoms with Crippen molar-refractivity contribution >= 4 is 33.3 Å². The van der Waals surface area contributed by atoms with E-state index in [4.69, 9.17) is 9.47 Å². The number of aromatic amines is 1. The molecule has 144 valence electrons. The van der Waals surface area contributed by atoms with Crippen molar-refractivity contribution in [3.63, 3.8) is 0 Å². The van der Waals surface area contributed by atoms with Crippen LogP contribution in [0.4, 0.5) is 24.7 Å². The van der Waals surface area contributed by atoms with E-state index in [2.05, 4.69) is 25.5 Å². The van der Waals surface area contributed by atoms with E-state index in [0.29, 0.717) is 16.8 Å². The zero-order valence-electron chi connectivity index (χ0n) is 14.8. The van der Waals surface area contributed by atoms with Crippen molar-refractivity contribution in [3.05, 3.63) is 42.4 Å². The predicted molar refractivity (Wildman–Crippen MR) is 97.0 cm³/mol. The van der Waals surface area contributed by atoms with E-state index in [1.165, 1.54) is 26.4 Å². The van der Waals surface area contributed by atoms with E-state index in [-0.39, 0.29) is 17.1 Å². The maximum Gasteiger partial charge on any atom is 0.451 e. The van der Waals surface area contributed by atoms with Gasteiger partial charge in [0.15, 0.2) is 11.5 Å². The molecule has 0 amide bonds. The molecule has 0 unspecified atom stereocenters. The molecule has 2 aromatic heterocycles. The molecule has 4 rings (SSSR count). The minimum absolute atomic E-state index is 0.00265. The maximum atomic E-state index is 13.3. The first-order chi connectivity index (χ1) is 13.4. The third-order valence-electron chi connectivity index (χ3n) is 4.16. The van der Waals surface area contributed by atoms with E-state index < -0.39 is 12.0 Å². The summed E-state index contributed by atoms with van der Waals surface area (Å²) in [5.41, 5.74) is 1.35. The van der Waals surface area contributed by atoms with Gasteiger partial charge in [-0.1, -0.05) is 0 Å². The van der Waals surface area contributed by atoms with Crippen LogP contribution in [0.25, 0.3) is 21.8 Å². The Kier molecular flexibility index (Phi) is 4.17. The number of alkyl halides is 3. The van der Waals surface area contributed by atoms with Crippen LogP contribution in [-0.4, -0.2) is 34.4 Å². The number of benzene rings is 2. The van der Waals surface area contributed by atoms with Crippen LogP contribution in [0.1, 0.15) is 5.82 Å². The van der Waals surface area contributed by atoms with Crippen LogP contribution in [0.2, 0.25) is 0 Å². The molecule has 0 radical (unpaired) electrons.